The van der Waals surface area contributed by atoms with Crippen molar-refractivity contribution in [2.24, 2.45) is 0 Å². The minimum atomic E-state index is -0.430. The summed E-state index contributed by atoms with van der Waals surface area (Å²) in [5, 5.41) is 5.19. The van der Waals surface area contributed by atoms with Gasteiger partial charge >= 0.3 is 6.09 Å². The van der Waals surface area contributed by atoms with Gasteiger partial charge < -0.3 is 15.4 Å². The van der Waals surface area contributed by atoms with Crippen LogP contribution in [0.25, 0.3) is 0 Å². The number of rotatable bonds is 13. The third-order valence-corrected chi connectivity index (χ3v) is 4.36. The number of alkyl halides is 1. The van der Waals surface area contributed by atoms with Crippen LogP contribution in [0, 0.1) is 0 Å². The Morgan fingerprint density at radius 3 is 2.54 bits per heavy atom. The van der Waals surface area contributed by atoms with Crippen molar-refractivity contribution in [3.8, 4) is 0 Å². The molecule has 1 unspecified atom stereocenters. The van der Waals surface area contributed by atoms with Crippen molar-refractivity contribution in [3.05, 3.63) is 72.9 Å². The van der Waals surface area contributed by atoms with Crippen molar-refractivity contribution in [2.75, 3.05) is 13.1 Å². The summed E-state index contributed by atoms with van der Waals surface area (Å²) in [5.41, 5.74) is 1.77. The molecule has 152 valence electrons. The first-order chi connectivity index (χ1) is 13.6. The molecule has 5 nitrogen and oxygen atoms in total. The first-order valence-electron chi connectivity index (χ1n) is 9.37. The molecule has 28 heavy (non-hydrogen) atoms. The number of alkyl carbamates (subject to hydrolysis) is 1. The second kappa shape index (κ2) is 14.5. The van der Waals surface area contributed by atoms with E-state index in [-0.39, 0.29) is 17.9 Å². The minimum absolute atomic E-state index is 0.0390. The third kappa shape index (κ3) is 10.6. The van der Waals surface area contributed by atoms with E-state index in [2.05, 4.69) is 23.8 Å². The molecule has 6 heteroatoms. The van der Waals surface area contributed by atoms with Gasteiger partial charge in [0.25, 0.3) is 0 Å². The first kappa shape index (κ1) is 23.5. The van der Waals surface area contributed by atoms with E-state index >= 15 is 0 Å². The zero-order valence-electron chi connectivity index (χ0n) is 16.2. The van der Waals surface area contributed by atoms with Gasteiger partial charge in [0, 0.05) is 19.5 Å². The smallest absolute Gasteiger partial charge is 0.407 e. The van der Waals surface area contributed by atoms with Crippen LogP contribution in [0.3, 0.4) is 0 Å². The van der Waals surface area contributed by atoms with Gasteiger partial charge in [0.15, 0.2) is 0 Å². The van der Waals surface area contributed by atoms with E-state index in [0.717, 1.165) is 30.4 Å². The molecule has 0 spiro atoms. The Hall–Kier alpha value is -2.53. The number of benzene rings is 1. The Morgan fingerprint density at radius 2 is 1.86 bits per heavy atom. The summed E-state index contributed by atoms with van der Waals surface area (Å²) >= 11 is 6.21. The second-order valence-corrected chi connectivity index (χ2v) is 6.70. The van der Waals surface area contributed by atoms with Crippen molar-refractivity contribution < 1.29 is 14.3 Å². The molecule has 1 atom stereocenters. The number of nitrogens with one attached hydrogen (secondary N) is 2. The van der Waals surface area contributed by atoms with E-state index in [1.54, 1.807) is 18.2 Å². The molecule has 0 aromatic heterocycles. The zero-order chi connectivity index (χ0) is 20.6. The number of amides is 2. The van der Waals surface area contributed by atoms with E-state index < -0.39 is 6.09 Å². The van der Waals surface area contributed by atoms with E-state index in [0.29, 0.717) is 19.5 Å². The van der Waals surface area contributed by atoms with Crippen LogP contribution in [0.4, 0.5) is 4.79 Å². The number of halogens is 1. The van der Waals surface area contributed by atoms with Crippen molar-refractivity contribution in [1.29, 1.82) is 0 Å². The molecule has 2 amide bonds. The van der Waals surface area contributed by atoms with Gasteiger partial charge in [-0.25, -0.2) is 4.79 Å². The van der Waals surface area contributed by atoms with Crippen molar-refractivity contribution in [2.45, 2.75) is 37.7 Å². The highest BCUT2D eigenvalue weighted by Gasteiger charge is 2.09. The predicted molar refractivity (Wildman–Crippen MR) is 114 cm³/mol. The zero-order valence-corrected chi connectivity index (χ0v) is 16.9. The minimum Gasteiger partial charge on any atom is -0.445 e. The Morgan fingerprint density at radius 1 is 1.11 bits per heavy atom. The largest absolute Gasteiger partial charge is 0.445 e. The number of hydrogen-bond acceptors (Lipinski definition) is 3. The van der Waals surface area contributed by atoms with Crippen molar-refractivity contribution in [3.63, 3.8) is 0 Å². The fourth-order valence-electron chi connectivity index (χ4n) is 2.40. The van der Waals surface area contributed by atoms with Crippen LogP contribution in [-0.4, -0.2) is 30.5 Å². The lowest BCUT2D eigenvalue weighted by Gasteiger charge is -2.12. The van der Waals surface area contributed by atoms with Crippen LogP contribution >= 0.6 is 11.6 Å². The molecule has 1 rings (SSSR count). The van der Waals surface area contributed by atoms with Gasteiger partial charge in [0.05, 0.1) is 5.38 Å². The molecule has 0 fully saturated rings. The van der Waals surface area contributed by atoms with Crippen LogP contribution in [0.2, 0.25) is 0 Å². The average molecular weight is 405 g/mol. The molecule has 0 saturated heterocycles. The number of carbonyl (C=O) groups excluding carboxylic acids is 2. The molecular formula is C22H29ClN2O3. The van der Waals surface area contributed by atoms with Crippen molar-refractivity contribution in [1.82, 2.24) is 10.6 Å². The average Bonchev–Trinajstić information content (AvgIpc) is 2.71. The van der Waals surface area contributed by atoms with Gasteiger partial charge in [0.1, 0.15) is 6.61 Å². The maximum atomic E-state index is 11.9. The highest BCUT2D eigenvalue weighted by Crippen LogP contribution is 2.10. The molecule has 0 heterocycles. The summed E-state index contributed by atoms with van der Waals surface area (Å²) in [4.78, 5) is 23.5. The lowest BCUT2D eigenvalue weighted by Crippen LogP contribution is -2.30. The number of hydrogen-bond donors (Lipinski definition) is 2. The fraction of sp³-hybridized carbons (Fsp3) is 0.364. The molecule has 1 aromatic rings. The predicted octanol–water partition coefficient (Wildman–Crippen LogP) is 4.50. The molecule has 2 N–H and O–H groups in total. The Kier molecular flexibility index (Phi) is 12.2. The molecule has 0 aliphatic rings. The van der Waals surface area contributed by atoms with Crippen LogP contribution < -0.4 is 10.6 Å². The monoisotopic (exact) mass is 404 g/mol. The topological polar surface area (TPSA) is 67.4 Å². The standard InChI is InChI=1S/C22H29ClN2O3/c1-3-11-19(4-2)20(23)16-25-21(26)14-9-6-10-15-24-22(27)28-17-18-12-7-5-8-13-18/h3-5,7-8,11-13,20H,1-2,6,9-10,14-17H2,(H,24,27)(H,25,26)/b19-11+. The number of carbonyl (C=O) groups is 2. The first-order valence-corrected chi connectivity index (χ1v) is 9.80. The SMILES string of the molecule is C=C/C=C(\C=C)C(Cl)CNC(=O)CCCCCNC(=O)OCc1ccccc1. The van der Waals surface area contributed by atoms with Gasteiger partial charge in [0.2, 0.25) is 5.91 Å². The van der Waals surface area contributed by atoms with Crippen molar-refractivity contribution >= 4 is 23.6 Å². The van der Waals surface area contributed by atoms with Gasteiger partial charge in [-0.15, -0.1) is 11.6 Å². The molecule has 0 aliphatic heterocycles. The van der Waals surface area contributed by atoms with E-state index in [1.807, 2.05) is 30.3 Å². The lowest BCUT2D eigenvalue weighted by atomic mass is 10.1. The molecular weight excluding hydrogens is 376 g/mol. The van der Waals surface area contributed by atoms with E-state index in [9.17, 15) is 9.59 Å². The maximum Gasteiger partial charge on any atom is 0.407 e. The molecule has 0 bridgehead atoms. The van der Waals surface area contributed by atoms with E-state index in [1.165, 1.54) is 0 Å². The second-order valence-electron chi connectivity index (χ2n) is 6.18. The molecule has 0 radical (unpaired) electrons. The molecule has 0 aliphatic carbocycles. The highest BCUT2D eigenvalue weighted by atomic mass is 35.5. The summed E-state index contributed by atoms with van der Waals surface area (Å²) in [5.74, 6) is -0.0390. The Labute approximate surface area is 172 Å². The fourth-order valence-corrected chi connectivity index (χ4v) is 2.64. The van der Waals surface area contributed by atoms with Crippen LogP contribution in [-0.2, 0) is 16.1 Å². The molecule has 1 aromatic carbocycles. The van der Waals surface area contributed by atoms with Gasteiger partial charge in [-0.3, -0.25) is 4.79 Å². The summed E-state index contributed by atoms with van der Waals surface area (Å²) < 4.78 is 5.13. The van der Waals surface area contributed by atoms with Gasteiger partial charge in [-0.1, -0.05) is 68.1 Å². The lowest BCUT2D eigenvalue weighted by molar-refractivity contribution is -0.121. The van der Waals surface area contributed by atoms with Crippen LogP contribution in [0.1, 0.15) is 31.2 Å². The Balaban J connectivity index is 2.05. The van der Waals surface area contributed by atoms with Gasteiger partial charge in [-0.2, -0.15) is 0 Å². The summed E-state index contributed by atoms with van der Waals surface area (Å²) in [7, 11) is 0. The number of allylic oxidation sites excluding steroid dienone is 3. The van der Waals surface area contributed by atoms with E-state index in [4.69, 9.17) is 16.3 Å². The number of ether oxygens (including phenoxy) is 1. The summed E-state index contributed by atoms with van der Waals surface area (Å²) in [6, 6.07) is 9.51. The summed E-state index contributed by atoms with van der Waals surface area (Å²) in [6.07, 6.45) is 7.44. The highest BCUT2D eigenvalue weighted by molar-refractivity contribution is 6.23. The van der Waals surface area contributed by atoms with Crippen LogP contribution in [0.5, 0.6) is 0 Å². The maximum absolute atomic E-state index is 11.9. The third-order valence-electron chi connectivity index (χ3n) is 3.95. The normalized spacial score (nSPS) is 12.0. The molecule has 0 saturated carbocycles. The summed E-state index contributed by atoms with van der Waals surface area (Å²) in [6.45, 7) is 8.44. The van der Waals surface area contributed by atoms with Crippen LogP contribution in [0.15, 0.2) is 67.3 Å². The quantitative estimate of drug-likeness (QED) is 0.289. The Bertz CT molecular complexity index is 659. The number of unbranched alkanes of at least 4 members (excludes halogenated alkanes) is 2. The van der Waals surface area contributed by atoms with Gasteiger partial charge in [-0.05, 0) is 24.0 Å².